The number of carbonyl (C=O) groups is 3. The second-order valence-corrected chi connectivity index (χ2v) is 14.9. The van der Waals surface area contributed by atoms with Crippen LogP contribution in [-0.4, -0.2) is 79.7 Å². The fraction of sp³-hybridized carbons (Fsp3) is 0.267. The maximum Gasteiger partial charge on any atom is 0.405 e. The smallest absolute Gasteiger partial charge is 0.405 e. The van der Waals surface area contributed by atoms with Crippen molar-refractivity contribution in [2.24, 2.45) is 5.73 Å². The molecular weight excluding hydrogens is 717 g/mol. The zero-order valence-electron chi connectivity index (χ0n) is 32.0. The van der Waals surface area contributed by atoms with E-state index in [1.54, 1.807) is 35.4 Å². The molecule has 2 aliphatic rings. The molecule has 57 heavy (non-hydrogen) atoms. The van der Waals surface area contributed by atoms with Crippen molar-refractivity contribution in [1.29, 1.82) is 0 Å². The van der Waals surface area contributed by atoms with Gasteiger partial charge in [0.25, 0.3) is 5.91 Å². The van der Waals surface area contributed by atoms with Crippen LogP contribution in [0, 0.1) is 0 Å². The topological polar surface area (TPSA) is 154 Å². The van der Waals surface area contributed by atoms with Gasteiger partial charge in [0, 0.05) is 18.7 Å². The summed E-state index contributed by atoms with van der Waals surface area (Å²) in [6.45, 7) is 1.23. The van der Waals surface area contributed by atoms with E-state index in [0.29, 0.717) is 24.5 Å². The number of imidazole rings is 2. The summed E-state index contributed by atoms with van der Waals surface area (Å²) < 4.78 is 5.30. The number of hydrogen-bond acceptors (Lipinski definition) is 7. The molecule has 0 unspecified atom stereocenters. The number of benzene rings is 4. The second kappa shape index (κ2) is 16.3. The molecule has 0 saturated carbocycles. The zero-order valence-corrected chi connectivity index (χ0v) is 32.0. The van der Waals surface area contributed by atoms with E-state index in [1.165, 1.54) is 0 Å². The van der Waals surface area contributed by atoms with E-state index in [1.807, 2.05) is 66.5 Å². The first kappa shape index (κ1) is 37.4. The van der Waals surface area contributed by atoms with Crippen LogP contribution in [0.5, 0.6) is 0 Å². The number of primary amides is 1. The Kier molecular flexibility index (Phi) is 10.7. The molecule has 4 N–H and O–H groups in total. The molecule has 6 aromatic rings. The Bertz CT molecular complexity index is 2320. The highest BCUT2D eigenvalue weighted by Gasteiger charge is 2.39. The molecule has 2 fully saturated rings. The first-order valence-corrected chi connectivity index (χ1v) is 19.4. The lowest BCUT2D eigenvalue weighted by Crippen LogP contribution is -2.40. The van der Waals surface area contributed by atoms with Crippen molar-refractivity contribution in [2.75, 3.05) is 27.2 Å². The third kappa shape index (κ3) is 7.81. The van der Waals surface area contributed by atoms with E-state index < -0.39 is 12.2 Å². The van der Waals surface area contributed by atoms with Crippen molar-refractivity contribution in [1.82, 2.24) is 34.6 Å². The largest absolute Gasteiger partial charge is 0.431 e. The van der Waals surface area contributed by atoms with Gasteiger partial charge in [-0.3, -0.25) is 14.5 Å². The maximum absolute atomic E-state index is 13.9. The highest BCUT2D eigenvalue weighted by Crippen LogP contribution is 2.37. The minimum Gasteiger partial charge on any atom is -0.431 e. The van der Waals surface area contributed by atoms with E-state index in [9.17, 15) is 14.4 Å². The number of carbonyl (C=O) groups excluding carboxylic acids is 3. The highest BCUT2D eigenvalue weighted by atomic mass is 16.6. The molecule has 0 aliphatic carbocycles. The summed E-state index contributed by atoms with van der Waals surface area (Å²) in [5, 5.41) is 0. The number of aromatic amines is 2. The molecule has 12 heteroatoms. The Morgan fingerprint density at radius 2 is 1.09 bits per heavy atom. The monoisotopic (exact) mass is 762 g/mol. The SMILES string of the molecule is CN(C)[C@@H](C(=O)N1CCC[C@H]1c1ncc(-c2ccc(-c3ccc(-c4cnc([C@@H]5CCCN5C(=O)[C@H](OC(N)=O)c5ccccc5)[nH]4)cc3)cc2)[nH]1)c1ccccc1. The summed E-state index contributed by atoms with van der Waals surface area (Å²) in [7, 11) is 3.90. The molecule has 4 aromatic carbocycles. The van der Waals surface area contributed by atoms with Gasteiger partial charge in [0.05, 0.1) is 35.9 Å². The van der Waals surface area contributed by atoms with Gasteiger partial charge in [0.1, 0.15) is 17.7 Å². The van der Waals surface area contributed by atoms with Crippen molar-refractivity contribution in [3.63, 3.8) is 0 Å². The Morgan fingerprint density at radius 3 is 1.54 bits per heavy atom. The summed E-state index contributed by atoms with van der Waals surface area (Å²) in [5.74, 6) is 1.26. The second-order valence-electron chi connectivity index (χ2n) is 14.9. The van der Waals surface area contributed by atoms with Gasteiger partial charge < -0.3 is 30.2 Å². The number of likely N-dealkylation sites (N-methyl/N-ethyl adjacent to an activating group) is 1. The molecule has 4 atom stereocenters. The van der Waals surface area contributed by atoms with Crippen molar-refractivity contribution < 1.29 is 19.1 Å². The average Bonchev–Trinajstić information content (AvgIpc) is 4.08. The lowest BCUT2D eigenvalue weighted by Gasteiger charge is -2.31. The molecule has 0 spiro atoms. The van der Waals surface area contributed by atoms with Gasteiger partial charge in [-0.1, -0.05) is 109 Å². The number of nitrogens with one attached hydrogen (secondary N) is 2. The molecule has 8 rings (SSSR count). The molecule has 2 saturated heterocycles. The third-order valence-corrected chi connectivity index (χ3v) is 11.0. The Labute approximate surface area is 331 Å². The maximum atomic E-state index is 13.9. The predicted octanol–water partition coefficient (Wildman–Crippen LogP) is 7.60. The molecule has 2 aliphatic heterocycles. The lowest BCUT2D eigenvalue weighted by molar-refractivity contribution is -0.141. The fourth-order valence-electron chi connectivity index (χ4n) is 8.23. The molecular formula is C45H46N8O4. The van der Waals surface area contributed by atoms with Gasteiger partial charge >= 0.3 is 6.09 Å². The normalized spacial score (nSPS) is 17.8. The van der Waals surface area contributed by atoms with Crippen LogP contribution in [0.15, 0.2) is 122 Å². The van der Waals surface area contributed by atoms with Gasteiger partial charge in [-0.05, 0) is 67.6 Å². The van der Waals surface area contributed by atoms with E-state index in [0.717, 1.165) is 70.7 Å². The van der Waals surface area contributed by atoms with Crippen molar-refractivity contribution in [3.05, 3.63) is 144 Å². The number of amides is 3. The van der Waals surface area contributed by atoms with Gasteiger partial charge in [-0.2, -0.15) is 0 Å². The molecule has 4 heterocycles. The molecule has 0 radical (unpaired) electrons. The Balaban J connectivity index is 0.930. The van der Waals surface area contributed by atoms with Crippen LogP contribution in [0.4, 0.5) is 4.79 Å². The molecule has 2 aromatic heterocycles. The van der Waals surface area contributed by atoms with Crippen LogP contribution >= 0.6 is 0 Å². The van der Waals surface area contributed by atoms with Crippen LogP contribution < -0.4 is 5.73 Å². The van der Waals surface area contributed by atoms with Crippen LogP contribution in [0.3, 0.4) is 0 Å². The van der Waals surface area contributed by atoms with Crippen molar-refractivity contribution >= 4 is 17.9 Å². The summed E-state index contributed by atoms with van der Waals surface area (Å²) in [6.07, 6.45) is 4.85. The molecule has 12 nitrogen and oxygen atoms in total. The summed E-state index contributed by atoms with van der Waals surface area (Å²) in [6, 6.07) is 34.8. The van der Waals surface area contributed by atoms with Gasteiger partial charge in [-0.15, -0.1) is 0 Å². The van der Waals surface area contributed by atoms with Crippen LogP contribution in [0.25, 0.3) is 33.6 Å². The van der Waals surface area contributed by atoms with E-state index >= 15 is 0 Å². The van der Waals surface area contributed by atoms with Gasteiger partial charge in [-0.25, -0.2) is 14.8 Å². The molecule has 0 bridgehead atoms. The molecule has 290 valence electrons. The summed E-state index contributed by atoms with van der Waals surface area (Å²) in [4.78, 5) is 61.4. The number of nitrogens with zero attached hydrogens (tertiary/aromatic N) is 5. The lowest BCUT2D eigenvalue weighted by atomic mass is 10.0. The number of ether oxygens (including phenoxy) is 1. The van der Waals surface area contributed by atoms with Crippen LogP contribution in [-0.2, 0) is 14.3 Å². The quantitative estimate of drug-likeness (QED) is 0.123. The summed E-state index contributed by atoms with van der Waals surface area (Å²) in [5.41, 5.74) is 12.8. The van der Waals surface area contributed by atoms with Gasteiger partial charge in [0.2, 0.25) is 12.0 Å². The first-order valence-electron chi connectivity index (χ1n) is 19.4. The first-order chi connectivity index (χ1) is 27.7. The number of H-pyrrole nitrogens is 2. The van der Waals surface area contributed by atoms with Gasteiger partial charge in [0.15, 0.2) is 0 Å². The van der Waals surface area contributed by atoms with Crippen LogP contribution in [0.1, 0.15) is 72.7 Å². The van der Waals surface area contributed by atoms with Crippen molar-refractivity contribution in [2.45, 2.75) is 49.9 Å². The van der Waals surface area contributed by atoms with E-state index in [2.05, 4.69) is 63.5 Å². The minimum absolute atomic E-state index is 0.0911. The Morgan fingerprint density at radius 1 is 0.649 bits per heavy atom. The Hall–Kier alpha value is -6.53. The van der Waals surface area contributed by atoms with E-state index in [-0.39, 0.29) is 29.9 Å². The molecule has 3 amide bonds. The zero-order chi connectivity index (χ0) is 39.5. The predicted molar refractivity (Wildman–Crippen MR) is 217 cm³/mol. The number of aromatic nitrogens is 4. The standard InChI is InChI=1S/C45H46N8O4/c1-51(2)39(33-11-5-3-6-12-33)43(54)52-25-9-15-37(52)41-47-27-35(49-41)31-21-17-29(18-22-31)30-19-23-32(24-20-30)36-28-48-42(50-36)38-16-10-26-53(38)44(55)40(57-45(46)56)34-13-7-4-8-14-34/h3-8,11-14,17-24,27-28,37-40H,9-10,15-16,25-26H2,1-2H3,(H2,46,56)(H,47,49)(H,48,50)/t37-,38-,39+,40+/m0/s1. The number of likely N-dealkylation sites (tertiary alicyclic amines) is 2. The fourth-order valence-corrected chi connectivity index (χ4v) is 8.23. The highest BCUT2D eigenvalue weighted by molar-refractivity contribution is 5.85. The summed E-state index contributed by atoms with van der Waals surface area (Å²) >= 11 is 0. The van der Waals surface area contributed by atoms with Crippen LogP contribution in [0.2, 0.25) is 0 Å². The van der Waals surface area contributed by atoms with E-state index in [4.69, 9.17) is 15.5 Å². The third-order valence-electron chi connectivity index (χ3n) is 11.0. The number of hydrogen-bond donors (Lipinski definition) is 3. The van der Waals surface area contributed by atoms with Crippen molar-refractivity contribution in [3.8, 4) is 33.6 Å². The minimum atomic E-state index is -1.13. The average molecular weight is 763 g/mol. The number of nitrogens with two attached hydrogens (primary N) is 1. The number of rotatable bonds is 11.